The van der Waals surface area contributed by atoms with E-state index in [1.54, 1.807) is 6.92 Å². The highest BCUT2D eigenvalue weighted by Crippen LogP contribution is 2.42. The van der Waals surface area contributed by atoms with Gasteiger partial charge in [0.05, 0.1) is 21.0 Å². The fraction of sp³-hybridized carbons (Fsp3) is 0.273. The van der Waals surface area contributed by atoms with Crippen LogP contribution in [0.1, 0.15) is 52.7 Å². The number of amides is 2. The summed E-state index contributed by atoms with van der Waals surface area (Å²) >= 11 is 17.5. The SMILES string of the molecule is CCNC(=O)[C@H](C)c1cc(/C(F)=C/C(c2cc(Cl)c(Cl)c(Cl)c2)C(F)(F)F)ccc1C(N)=O. The maximum absolute atomic E-state index is 15.1. The average molecular weight is 526 g/mol. The van der Waals surface area contributed by atoms with E-state index in [1.165, 1.54) is 6.92 Å². The summed E-state index contributed by atoms with van der Waals surface area (Å²) in [6.45, 7) is 3.46. The zero-order valence-electron chi connectivity index (χ0n) is 17.4. The largest absolute Gasteiger partial charge is 0.399 e. The molecule has 0 fully saturated rings. The molecule has 0 spiro atoms. The molecule has 0 saturated carbocycles. The van der Waals surface area contributed by atoms with E-state index in [0.717, 1.165) is 30.3 Å². The van der Waals surface area contributed by atoms with Gasteiger partial charge >= 0.3 is 6.18 Å². The molecule has 4 nitrogen and oxygen atoms in total. The Labute approximate surface area is 202 Å². The van der Waals surface area contributed by atoms with Gasteiger partial charge in [-0.3, -0.25) is 9.59 Å². The van der Waals surface area contributed by atoms with E-state index in [-0.39, 0.29) is 31.8 Å². The second-order valence-electron chi connectivity index (χ2n) is 7.11. The van der Waals surface area contributed by atoms with Gasteiger partial charge in [-0.25, -0.2) is 4.39 Å². The zero-order valence-corrected chi connectivity index (χ0v) is 19.6. The molecule has 2 atom stereocenters. The summed E-state index contributed by atoms with van der Waals surface area (Å²) in [4.78, 5) is 24.0. The van der Waals surface area contributed by atoms with Crippen molar-refractivity contribution >= 4 is 52.4 Å². The second kappa shape index (κ2) is 10.8. The van der Waals surface area contributed by atoms with E-state index in [4.69, 9.17) is 40.5 Å². The molecular formula is C22H19Cl3F4N2O2. The Morgan fingerprint density at radius 2 is 1.70 bits per heavy atom. The quantitative estimate of drug-likeness (QED) is 0.314. The van der Waals surface area contributed by atoms with Crippen molar-refractivity contribution in [1.82, 2.24) is 5.32 Å². The lowest BCUT2D eigenvalue weighted by molar-refractivity contribution is -0.139. The van der Waals surface area contributed by atoms with E-state index in [9.17, 15) is 22.8 Å². The van der Waals surface area contributed by atoms with E-state index >= 15 is 4.39 Å². The van der Waals surface area contributed by atoms with Crippen LogP contribution < -0.4 is 11.1 Å². The number of hydrogen-bond donors (Lipinski definition) is 2. The van der Waals surface area contributed by atoms with Crippen LogP contribution in [-0.2, 0) is 4.79 Å². The number of likely N-dealkylation sites (N-methyl/N-ethyl adjacent to an activating group) is 1. The molecule has 0 heterocycles. The molecule has 33 heavy (non-hydrogen) atoms. The van der Waals surface area contributed by atoms with E-state index in [1.807, 2.05) is 0 Å². The summed E-state index contributed by atoms with van der Waals surface area (Å²) in [5, 5.41) is 2.00. The number of carbonyl (C=O) groups is 2. The summed E-state index contributed by atoms with van der Waals surface area (Å²) < 4.78 is 56.4. The van der Waals surface area contributed by atoms with Crippen molar-refractivity contribution in [3.63, 3.8) is 0 Å². The van der Waals surface area contributed by atoms with Gasteiger partial charge in [-0.2, -0.15) is 13.2 Å². The molecule has 0 aliphatic rings. The standard InChI is InChI=1S/C22H19Cl3F4N2O2/c1-3-31-21(33)10(2)14-6-11(4-5-13(14)20(30)32)18(26)9-15(22(27,28)29)12-7-16(23)19(25)17(24)8-12/h4-10,15H,3H2,1-2H3,(H2,30,32)(H,31,33)/b18-9-/t10-,15?/m1/s1. The Balaban J connectivity index is 2.60. The highest BCUT2D eigenvalue weighted by atomic mass is 35.5. The van der Waals surface area contributed by atoms with Crippen molar-refractivity contribution in [2.45, 2.75) is 31.9 Å². The molecule has 0 saturated heterocycles. The molecule has 11 heteroatoms. The van der Waals surface area contributed by atoms with Crippen molar-refractivity contribution in [2.75, 3.05) is 6.54 Å². The minimum atomic E-state index is -4.89. The Morgan fingerprint density at radius 3 is 2.18 bits per heavy atom. The maximum atomic E-state index is 15.1. The summed E-state index contributed by atoms with van der Waals surface area (Å²) in [5.74, 6) is -5.87. The van der Waals surface area contributed by atoms with Crippen LogP contribution in [0.3, 0.4) is 0 Å². The molecule has 2 aromatic rings. The van der Waals surface area contributed by atoms with E-state index < -0.39 is 41.2 Å². The maximum Gasteiger partial charge on any atom is 0.399 e. The highest BCUT2D eigenvalue weighted by molar-refractivity contribution is 6.48. The fourth-order valence-electron chi connectivity index (χ4n) is 3.14. The Kier molecular flexibility index (Phi) is 8.79. The molecule has 0 aromatic heterocycles. The third-order valence-corrected chi connectivity index (χ3v) is 6.03. The van der Waals surface area contributed by atoms with Crippen LogP contribution in [0.15, 0.2) is 36.4 Å². The smallest absolute Gasteiger partial charge is 0.366 e. The first-order chi connectivity index (χ1) is 15.3. The van der Waals surface area contributed by atoms with Crippen LogP contribution in [0, 0.1) is 0 Å². The molecule has 0 bridgehead atoms. The Bertz CT molecular complexity index is 1080. The van der Waals surface area contributed by atoms with Crippen LogP contribution in [0.4, 0.5) is 17.6 Å². The number of hydrogen-bond acceptors (Lipinski definition) is 2. The highest BCUT2D eigenvalue weighted by Gasteiger charge is 2.40. The predicted octanol–water partition coefficient (Wildman–Crippen LogP) is 6.64. The van der Waals surface area contributed by atoms with Crippen molar-refractivity contribution in [2.24, 2.45) is 5.73 Å². The number of nitrogens with two attached hydrogens (primary N) is 1. The predicted molar refractivity (Wildman–Crippen MR) is 121 cm³/mol. The second-order valence-corrected chi connectivity index (χ2v) is 8.31. The Hall–Kier alpha value is -2.29. The summed E-state index contributed by atoms with van der Waals surface area (Å²) in [7, 11) is 0. The number of carbonyl (C=O) groups excluding carboxylic acids is 2. The number of nitrogens with one attached hydrogen (secondary N) is 1. The van der Waals surface area contributed by atoms with Crippen LogP contribution in [-0.4, -0.2) is 24.5 Å². The van der Waals surface area contributed by atoms with Gasteiger partial charge in [-0.05, 0) is 55.3 Å². The third kappa shape index (κ3) is 6.40. The summed E-state index contributed by atoms with van der Waals surface area (Å²) in [6.07, 6.45) is -4.53. The van der Waals surface area contributed by atoms with Gasteiger partial charge in [0.2, 0.25) is 11.8 Å². The van der Waals surface area contributed by atoms with Crippen LogP contribution in [0.25, 0.3) is 5.83 Å². The zero-order chi connectivity index (χ0) is 25.1. The molecule has 0 aliphatic carbocycles. The van der Waals surface area contributed by atoms with Crippen LogP contribution in [0.5, 0.6) is 0 Å². The minimum Gasteiger partial charge on any atom is -0.366 e. The third-order valence-electron chi connectivity index (χ3n) is 4.83. The number of halogens is 7. The molecule has 1 unspecified atom stereocenters. The number of primary amides is 1. The van der Waals surface area contributed by atoms with Gasteiger partial charge in [0.25, 0.3) is 0 Å². The topological polar surface area (TPSA) is 72.2 Å². The average Bonchev–Trinajstić information content (AvgIpc) is 2.73. The molecule has 2 amide bonds. The van der Waals surface area contributed by atoms with E-state index in [0.29, 0.717) is 12.6 Å². The summed E-state index contributed by atoms with van der Waals surface area (Å²) in [5.41, 5.74) is 4.69. The lowest BCUT2D eigenvalue weighted by atomic mass is 9.91. The number of alkyl halides is 3. The molecule has 178 valence electrons. The molecule has 2 rings (SSSR count). The van der Waals surface area contributed by atoms with Crippen molar-refractivity contribution < 1.29 is 27.2 Å². The van der Waals surface area contributed by atoms with Crippen LogP contribution in [0.2, 0.25) is 15.1 Å². The van der Waals surface area contributed by atoms with Crippen molar-refractivity contribution in [3.05, 3.63) is 73.7 Å². The first kappa shape index (κ1) is 27.0. The van der Waals surface area contributed by atoms with Gasteiger partial charge < -0.3 is 11.1 Å². The molecular weight excluding hydrogens is 507 g/mol. The van der Waals surface area contributed by atoms with E-state index in [2.05, 4.69) is 5.32 Å². The summed E-state index contributed by atoms with van der Waals surface area (Å²) in [6, 6.07) is 5.30. The Morgan fingerprint density at radius 1 is 1.12 bits per heavy atom. The number of rotatable bonds is 7. The molecule has 0 aliphatic heterocycles. The normalized spacial score (nSPS) is 14.0. The van der Waals surface area contributed by atoms with Gasteiger partial charge in [-0.1, -0.05) is 40.9 Å². The number of benzene rings is 2. The molecule has 2 aromatic carbocycles. The fourth-order valence-corrected chi connectivity index (χ4v) is 3.75. The first-order valence-electron chi connectivity index (χ1n) is 9.58. The lowest BCUT2D eigenvalue weighted by Gasteiger charge is -2.19. The van der Waals surface area contributed by atoms with Gasteiger partial charge in [0.15, 0.2) is 0 Å². The lowest BCUT2D eigenvalue weighted by Crippen LogP contribution is -2.29. The first-order valence-corrected chi connectivity index (χ1v) is 10.7. The monoisotopic (exact) mass is 524 g/mol. The van der Waals surface area contributed by atoms with Crippen LogP contribution >= 0.6 is 34.8 Å². The van der Waals surface area contributed by atoms with Gasteiger partial charge in [0, 0.05) is 17.7 Å². The minimum absolute atomic E-state index is 0.0473. The molecule has 3 N–H and O–H groups in total. The molecule has 0 radical (unpaired) electrons. The van der Waals surface area contributed by atoms with Crippen molar-refractivity contribution in [3.8, 4) is 0 Å². The van der Waals surface area contributed by atoms with Crippen molar-refractivity contribution in [1.29, 1.82) is 0 Å². The van der Waals surface area contributed by atoms with Gasteiger partial charge in [0.1, 0.15) is 11.7 Å². The number of allylic oxidation sites excluding steroid dienone is 1. The van der Waals surface area contributed by atoms with Gasteiger partial charge in [-0.15, -0.1) is 0 Å².